The molecule has 0 aliphatic heterocycles. The van der Waals surface area contributed by atoms with E-state index >= 15 is 0 Å². The Morgan fingerprint density at radius 1 is 1.44 bits per heavy atom. The number of carbonyl (C=O) groups excluding carboxylic acids is 1. The summed E-state index contributed by atoms with van der Waals surface area (Å²) in [4.78, 5) is 18.5. The van der Waals surface area contributed by atoms with E-state index < -0.39 is 0 Å². The standard InChI is InChI=1S/C19H26N4O2/c1-14-11-17(14)18-6-5-16(25-18)12-23(15-3-4-15)19(24)21-7-2-9-22-10-8-20-13-22/h5-6,8,10,13-15,17H,2-4,7,9,11-12H2,1H3,(H,21,24)/t14-,17+/m0/s1. The molecule has 0 saturated heterocycles. The van der Waals surface area contributed by atoms with E-state index in [1.54, 1.807) is 12.5 Å². The largest absolute Gasteiger partial charge is 0.464 e. The molecule has 2 amide bonds. The van der Waals surface area contributed by atoms with Gasteiger partial charge in [-0.2, -0.15) is 0 Å². The fraction of sp³-hybridized carbons (Fsp3) is 0.579. The number of furan rings is 1. The molecule has 2 aliphatic rings. The van der Waals surface area contributed by atoms with Crippen LogP contribution < -0.4 is 5.32 Å². The maximum atomic E-state index is 12.5. The van der Waals surface area contributed by atoms with Crippen LogP contribution in [-0.2, 0) is 13.1 Å². The summed E-state index contributed by atoms with van der Waals surface area (Å²) in [5.74, 6) is 3.30. The summed E-state index contributed by atoms with van der Waals surface area (Å²) in [6.07, 6.45) is 9.81. The summed E-state index contributed by atoms with van der Waals surface area (Å²) >= 11 is 0. The summed E-state index contributed by atoms with van der Waals surface area (Å²) in [5, 5.41) is 3.05. The van der Waals surface area contributed by atoms with Gasteiger partial charge in [0.1, 0.15) is 11.5 Å². The lowest BCUT2D eigenvalue weighted by atomic mass is 10.3. The number of amides is 2. The second-order valence-electron chi connectivity index (χ2n) is 7.37. The Bertz CT molecular complexity index is 705. The summed E-state index contributed by atoms with van der Waals surface area (Å²) in [7, 11) is 0. The second-order valence-corrected chi connectivity index (χ2v) is 7.37. The Hall–Kier alpha value is -2.24. The van der Waals surface area contributed by atoms with Crippen LogP contribution in [0, 0.1) is 5.92 Å². The minimum Gasteiger partial charge on any atom is -0.464 e. The first kappa shape index (κ1) is 16.2. The highest BCUT2D eigenvalue weighted by Crippen LogP contribution is 2.47. The molecule has 25 heavy (non-hydrogen) atoms. The average Bonchev–Trinajstić information content (AvgIpc) is 3.46. The van der Waals surface area contributed by atoms with Crippen molar-refractivity contribution in [1.82, 2.24) is 19.8 Å². The first-order valence-corrected chi connectivity index (χ1v) is 9.29. The number of rotatable bonds is 8. The van der Waals surface area contributed by atoms with E-state index in [9.17, 15) is 4.79 Å². The van der Waals surface area contributed by atoms with Gasteiger partial charge >= 0.3 is 6.03 Å². The third-order valence-corrected chi connectivity index (χ3v) is 5.16. The molecule has 2 aromatic heterocycles. The Morgan fingerprint density at radius 3 is 2.96 bits per heavy atom. The molecule has 2 aromatic rings. The van der Waals surface area contributed by atoms with Gasteiger partial charge in [0.2, 0.25) is 0 Å². The second kappa shape index (κ2) is 6.94. The van der Waals surface area contributed by atoms with Gasteiger partial charge in [-0.3, -0.25) is 0 Å². The smallest absolute Gasteiger partial charge is 0.318 e. The van der Waals surface area contributed by atoms with Gasteiger partial charge in [-0.25, -0.2) is 9.78 Å². The van der Waals surface area contributed by atoms with Crippen LogP contribution in [0.2, 0.25) is 0 Å². The number of hydrogen-bond donors (Lipinski definition) is 1. The maximum Gasteiger partial charge on any atom is 0.318 e. The predicted octanol–water partition coefficient (Wildman–Crippen LogP) is 3.36. The predicted molar refractivity (Wildman–Crippen MR) is 94.0 cm³/mol. The van der Waals surface area contributed by atoms with Crippen molar-refractivity contribution >= 4 is 6.03 Å². The van der Waals surface area contributed by atoms with Crippen molar-refractivity contribution < 1.29 is 9.21 Å². The lowest BCUT2D eigenvalue weighted by molar-refractivity contribution is 0.186. The van der Waals surface area contributed by atoms with E-state index in [1.807, 2.05) is 21.7 Å². The molecule has 2 saturated carbocycles. The topological polar surface area (TPSA) is 63.3 Å². The molecule has 0 bridgehead atoms. The fourth-order valence-corrected chi connectivity index (χ4v) is 3.30. The Balaban J connectivity index is 1.27. The average molecular weight is 342 g/mol. The third kappa shape index (κ3) is 4.06. The van der Waals surface area contributed by atoms with E-state index in [1.165, 1.54) is 6.42 Å². The molecule has 0 aromatic carbocycles. The molecule has 134 valence electrons. The molecule has 2 aliphatic carbocycles. The van der Waals surface area contributed by atoms with E-state index in [2.05, 4.69) is 23.3 Å². The van der Waals surface area contributed by atoms with Crippen LogP contribution >= 0.6 is 0 Å². The molecule has 1 N–H and O–H groups in total. The van der Waals surface area contributed by atoms with Crippen LogP contribution in [0.15, 0.2) is 35.3 Å². The van der Waals surface area contributed by atoms with Crippen molar-refractivity contribution in [3.8, 4) is 0 Å². The molecule has 0 unspecified atom stereocenters. The molecule has 2 fully saturated rings. The summed E-state index contributed by atoms with van der Waals surface area (Å²) in [6.45, 7) is 4.35. The minimum atomic E-state index is 0.0193. The van der Waals surface area contributed by atoms with Crippen LogP contribution in [0.4, 0.5) is 4.79 Å². The molecule has 6 nitrogen and oxygen atoms in total. The highest BCUT2D eigenvalue weighted by atomic mass is 16.3. The van der Waals surface area contributed by atoms with Gasteiger partial charge in [-0.15, -0.1) is 0 Å². The van der Waals surface area contributed by atoms with E-state index in [4.69, 9.17) is 4.42 Å². The van der Waals surface area contributed by atoms with Crippen LogP contribution in [0.5, 0.6) is 0 Å². The SMILES string of the molecule is C[C@H]1C[C@H]1c1ccc(CN(C(=O)NCCCn2ccnc2)C2CC2)o1. The van der Waals surface area contributed by atoms with Gasteiger partial charge in [-0.1, -0.05) is 6.92 Å². The normalized spacial score (nSPS) is 22.0. The number of imidazole rings is 1. The van der Waals surface area contributed by atoms with Gasteiger partial charge < -0.3 is 19.2 Å². The zero-order chi connectivity index (χ0) is 17.2. The van der Waals surface area contributed by atoms with Crippen molar-refractivity contribution in [3.63, 3.8) is 0 Å². The van der Waals surface area contributed by atoms with Crippen LogP contribution in [0.1, 0.15) is 50.0 Å². The Labute approximate surface area is 148 Å². The van der Waals surface area contributed by atoms with Crippen LogP contribution in [-0.4, -0.2) is 33.1 Å². The quantitative estimate of drug-likeness (QED) is 0.748. The van der Waals surface area contributed by atoms with Gasteiger partial charge in [0.25, 0.3) is 0 Å². The van der Waals surface area contributed by atoms with Gasteiger partial charge in [0.05, 0.1) is 12.9 Å². The van der Waals surface area contributed by atoms with E-state index in [0.717, 1.165) is 43.2 Å². The molecule has 6 heteroatoms. The van der Waals surface area contributed by atoms with Crippen molar-refractivity contribution in [2.75, 3.05) is 6.54 Å². The number of hydrogen-bond acceptors (Lipinski definition) is 3. The molecule has 2 atom stereocenters. The number of urea groups is 1. The van der Waals surface area contributed by atoms with Gasteiger partial charge in [0, 0.05) is 37.4 Å². The van der Waals surface area contributed by atoms with Crippen LogP contribution in [0.25, 0.3) is 0 Å². The highest BCUT2D eigenvalue weighted by molar-refractivity contribution is 5.74. The summed E-state index contributed by atoms with van der Waals surface area (Å²) in [5.41, 5.74) is 0. The first-order chi connectivity index (χ1) is 12.2. The van der Waals surface area contributed by atoms with Crippen molar-refractivity contribution in [1.29, 1.82) is 0 Å². The third-order valence-electron chi connectivity index (χ3n) is 5.16. The molecular formula is C19H26N4O2. The van der Waals surface area contributed by atoms with Crippen LogP contribution in [0.3, 0.4) is 0 Å². The summed E-state index contributed by atoms with van der Waals surface area (Å²) < 4.78 is 8.00. The molecule has 0 radical (unpaired) electrons. The molecule has 2 heterocycles. The van der Waals surface area contributed by atoms with Crippen molar-refractivity contribution in [3.05, 3.63) is 42.4 Å². The lowest BCUT2D eigenvalue weighted by Gasteiger charge is -2.21. The van der Waals surface area contributed by atoms with Crippen molar-refractivity contribution in [2.24, 2.45) is 5.92 Å². The molecule has 4 rings (SSSR count). The maximum absolute atomic E-state index is 12.5. The number of aromatic nitrogens is 2. The van der Waals surface area contributed by atoms with Gasteiger partial charge in [-0.05, 0) is 43.7 Å². The van der Waals surface area contributed by atoms with Crippen molar-refractivity contribution in [2.45, 2.75) is 57.7 Å². The highest BCUT2D eigenvalue weighted by Gasteiger charge is 2.37. The molecular weight excluding hydrogens is 316 g/mol. The first-order valence-electron chi connectivity index (χ1n) is 9.29. The van der Waals surface area contributed by atoms with Gasteiger partial charge in [0.15, 0.2) is 0 Å². The fourth-order valence-electron chi connectivity index (χ4n) is 3.30. The number of carbonyl (C=O) groups is 1. The van der Waals surface area contributed by atoms with E-state index in [0.29, 0.717) is 25.0 Å². The summed E-state index contributed by atoms with van der Waals surface area (Å²) in [6, 6.07) is 4.49. The number of nitrogens with zero attached hydrogens (tertiary/aromatic N) is 3. The van der Waals surface area contributed by atoms with E-state index in [-0.39, 0.29) is 6.03 Å². The lowest BCUT2D eigenvalue weighted by Crippen LogP contribution is -2.41. The monoisotopic (exact) mass is 342 g/mol. The number of nitrogens with one attached hydrogen (secondary N) is 1. The Morgan fingerprint density at radius 2 is 2.28 bits per heavy atom. The Kier molecular flexibility index (Phi) is 4.51. The zero-order valence-electron chi connectivity index (χ0n) is 14.7. The zero-order valence-corrected chi connectivity index (χ0v) is 14.7. The number of aryl methyl sites for hydroxylation is 1. The minimum absolute atomic E-state index is 0.0193. The molecule has 0 spiro atoms.